The lowest BCUT2D eigenvalue weighted by molar-refractivity contribution is -0.521. The van der Waals surface area contributed by atoms with Crippen molar-refractivity contribution in [1.29, 1.82) is 0 Å². The fourth-order valence-corrected chi connectivity index (χ4v) is 6.11. The van der Waals surface area contributed by atoms with Crippen molar-refractivity contribution in [3.63, 3.8) is 0 Å². The molecule has 0 saturated heterocycles. The lowest BCUT2D eigenvalue weighted by Crippen LogP contribution is -2.42. The zero-order valence-electron chi connectivity index (χ0n) is 29.3. The van der Waals surface area contributed by atoms with Crippen molar-refractivity contribution >= 4 is 11.8 Å². The fraction of sp³-hybridized carbons (Fsp3) is 0.471. The Morgan fingerprint density at radius 2 is 1.02 bits per heavy atom. The van der Waals surface area contributed by atoms with Crippen molar-refractivity contribution in [1.82, 2.24) is 39.3 Å². The Labute approximate surface area is 332 Å². The molecule has 0 fully saturated rings. The molecule has 0 spiro atoms. The van der Waals surface area contributed by atoms with Crippen LogP contribution in [-0.2, 0) is 61.0 Å². The van der Waals surface area contributed by atoms with Crippen LogP contribution in [0.4, 0.5) is 52.7 Å². The van der Waals surface area contributed by atoms with Gasteiger partial charge in [-0.3, -0.25) is 19.7 Å². The van der Waals surface area contributed by atoms with E-state index in [9.17, 15) is 72.4 Å². The minimum Gasteiger partial charge on any atom is -0.333 e. The highest BCUT2D eigenvalue weighted by Gasteiger charge is 2.41. The number of amides is 2. The number of alkyl halides is 6. The SMILES string of the molecule is C.C.NC(CC(=O)N1CCn2c(nnc2C(F)(F)F)C1)Cc1cc(F)c(F)cc1F.O=C(CC(Cc1cc(F)c(F)cc1F)[N+](=O)[O-])N1CCn2c(nnc2C(F)(F)F)C1. The predicted molar refractivity (Wildman–Crippen MR) is 182 cm³/mol. The van der Waals surface area contributed by atoms with Gasteiger partial charge >= 0.3 is 12.4 Å². The Morgan fingerprint density at radius 1 is 0.633 bits per heavy atom. The quantitative estimate of drug-likeness (QED) is 0.0970. The van der Waals surface area contributed by atoms with Gasteiger partial charge in [0.15, 0.2) is 34.9 Å². The highest BCUT2D eigenvalue weighted by molar-refractivity contribution is 5.77. The maximum absolute atomic E-state index is 13.8. The molecule has 0 bridgehead atoms. The van der Waals surface area contributed by atoms with Crippen molar-refractivity contribution in [3.05, 3.63) is 104 Å². The molecule has 6 rings (SSSR count). The van der Waals surface area contributed by atoms with E-state index >= 15 is 0 Å². The third-order valence-electron chi connectivity index (χ3n) is 8.98. The summed E-state index contributed by atoms with van der Waals surface area (Å²) < 4.78 is 159. The summed E-state index contributed by atoms with van der Waals surface area (Å²) in [7, 11) is 0. The van der Waals surface area contributed by atoms with E-state index in [0.717, 1.165) is 14.0 Å². The fourth-order valence-electron chi connectivity index (χ4n) is 6.11. The first kappa shape index (κ1) is 48.5. The average molecular weight is 877 g/mol. The molecule has 60 heavy (non-hydrogen) atoms. The summed E-state index contributed by atoms with van der Waals surface area (Å²) in [6.07, 6.45) is -11.2. The van der Waals surface area contributed by atoms with Crippen LogP contribution in [0.3, 0.4) is 0 Å². The van der Waals surface area contributed by atoms with Gasteiger partial charge in [0.1, 0.15) is 11.6 Å². The van der Waals surface area contributed by atoms with E-state index in [0.29, 0.717) is 18.2 Å². The second kappa shape index (κ2) is 19.1. The number of fused-ring (bicyclic) bond motifs is 2. The number of halogens is 12. The lowest BCUT2D eigenvalue weighted by atomic mass is 10.0. The van der Waals surface area contributed by atoms with Crippen LogP contribution in [0.15, 0.2) is 24.3 Å². The van der Waals surface area contributed by atoms with Crippen LogP contribution in [0.2, 0.25) is 0 Å². The smallest absolute Gasteiger partial charge is 0.333 e. The highest BCUT2D eigenvalue weighted by Crippen LogP contribution is 2.31. The molecule has 2 aliphatic rings. The number of nitrogens with two attached hydrogens (primary N) is 1. The molecule has 2 atom stereocenters. The van der Waals surface area contributed by atoms with Gasteiger partial charge in [0.25, 0.3) is 0 Å². The molecule has 0 saturated carbocycles. The molecule has 2 unspecified atom stereocenters. The molecule has 2 aromatic heterocycles. The summed E-state index contributed by atoms with van der Waals surface area (Å²) in [5.74, 6) is -11.3. The van der Waals surface area contributed by atoms with Crippen LogP contribution in [-0.4, -0.2) is 81.2 Å². The molecule has 330 valence electrons. The largest absolute Gasteiger partial charge is 0.451 e. The van der Waals surface area contributed by atoms with Crippen LogP contribution in [0, 0.1) is 45.0 Å². The van der Waals surface area contributed by atoms with Crippen LogP contribution in [0.1, 0.15) is 62.1 Å². The molecule has 26 heteroatoms. The minimum absolute atomic E-state index is 0. The average Bonchev–Trinajstić information content (AvgIpc) is 3.77. The zero-order valence-corrected chi connectivity index (χ0v) is 29.3. The van der Waals surface area contributed by atoms with Crippen LogP contribution in [0.25, 0.3) is 0 Å². The molecule has 0 radical (unpaired) electrons. The number of nitro groups is 1. The van der Waals surface area contributed by atoms with Crippen molar-refractivity contribution < 1.29 is 67.2 Å². The third-order valence-corrected chi connectivity index (χ3v) is 8.98. The molecule has 4 aromatic rings. The maximum Gasteiger partial charge on any atom is 0.451 e. The molecule has 2 N–H and O–H groups in total. The van der Waals surface area contributed by atoms with E-state index in [-0.39, 0.29) is 90.2 Å². The first-order chi connectivity index (χ1) is 27.0. The summed E-state index contributed by atoms with van der Waals surface area (Å²) in [6.45, 7) is -1.07. The molecular weight excluding hydrogens is 840 g/mol. The highest BCUT2D eigenvalue weighted by atomic mass is 19.4. The molecule has 14 nitrogen and oxygen atoms in total. The van der Waals surface area contributed by atoms with E-state index in [1.54, 1.807) is 0 Å². The van der Waals surface area contributed by atoms with Crippen LogP contribution >= 0.6 is 0 Å². The molecule has 2 aliphatic heterocycles. The Hall–Kier alpha value is -5.82. The number of rotatable bonds is 9. The Balaban J connectivity index is 0.000000311. The van der Waals surface area contributed by atoms with Crippen molar-refractivity contribution in [2.24, 2.45) is 5.73 Å². The van der Waals surface area contributed by atoms with Gasteiger partial charge in [-0.15, -0.1) is 20.4 Å². The van der Waals surface area contributed by atoms with Gasteiger partial charge in [0, 0.05) is 62.1 Å². The summed E-state index contributed by atoms with van der Waals surface area (Å²) in [5.41, 5.74) is 5.16. The number of hydrogen-bond acceptors (Lipinski definition) is 9. The second-order valence-corrected chi connectivity index (χ2v) is 13.0. The predicted octanol–water partition coefficient (Wildman–Crippen LogP) is 5.62. The molecule has 2 amide bonds. The summed E-state index contributed by atoms with van der Waals surface area (Å²) in [6, 6.07) is -0.737. The van der Waals surface area contributed by atoms with Gasteiger partial charge in [0.2, 0.25) is 29.5 Å². The Kier molecular flexibility index (Phi) is 15.4. The van der Waals surface area contributed by atoms with E-state index in [4.69, 9.17) is 5.73 Å². The van der Waals surface area contributed by atoms with E-state index in [2.05, 4.69) is 20.4 Å². The summed E-state index contributed by atoms with van der Waals surface area (Å²) in [5, 5.41) is 24.4. The minimum atomic E-state index is -4.72. The van der Waals surface area contributed by atoms with Gasteiger partial charge < -0.3 is 24.7 Å². The van der Waals surface area contributed by atoms with Crippen molar-refractivity contribution in [2.45, 2.75) is 91.2 Å². The molecule has 4 heterocycles. The first-order valence-electron chi connectivity index (χ1n) is 16.7. The zero-order chi connectivity index (χ0) is 42.9. The molecule has 2 aromatic carbocycles. The van der Waals surface area contributed by atoms with E-state index in [1.807, 2.05) is 0 Å². The number of carbonyl (C=O) groups excluding carboxylic acids is 2. The third kappa shape index (κ3) is 11.3. The standard InChI is InChI=1S/C16H13F6N5O3.C16H15F6N5O.2CH4/c17-10-6-12(19)11(18)4-8(10)3-9(27(29)30)5-14(28)25-1-2-26-13(7-25)23-24-15(26)16(20,21)22;17-10-6-12(19)11(18)4-8(10)3-9(23)5-14(28)26-1-2-27-13(7-26)24-25-15(27)16(20,21)22;;/h4,6,9H,1-3,5,7H2;4,6,9H,1-3,5,7,23H2;2*1H4. The summed E-state index contributed by atoms with van der Waals surface area (Å²) in [4.78, 5) is 37.6. The topological polar surface area (TPSA) is 171 Å². The number of nitrogens with zero attached hydrogens (tertiary/aromatic N) is 9. The van der Waals surface area contributed by atoms with Gasteiger partial charge in [0.05, 0.1) is 19.5 Å². The monoisotopic (exact) mass is 876 g/mol. The Bertz CT molecular complexity index is 2190. The number of carbonyl (C=O) groups is 2. The Morgan fingerprint density at radius 3 is 1.42 bits per heavy atom. The maximum atomic E-state index is 13.8. The van der Waals surface area contributed by atoms with E-state index in [1.165, 1.54) is 4.90 Å². The lowest BCUT2D eigenvalue weighted by Gasteiger charge is -2.29. The van der Waals surface area contributed by atoms with Crippen molar-refractivity contribution in [2.75, 3.05) is 13.1 Å². The summed E-state index contributed by atoms with van der Waals surface area (Å²) >= 11 is 0. The van der Waals surface area contributed by atoms with Crippen molar-refractivity contribution in [3.8, 4) is 0 Å². The van der Waals surface area contributed by atoms with E-state index < -0.39 is 106 Å². The second-order valence-electron chi connectivity index (χ2n) is 13.0. The number of aromatic nitrogens is 6. The van der Waals surface area contributed by atoms with Gasteiger partial charge in [-0.05, 0) is 29.7 Å². The first-order valence-corrected chi connectivity index (χ1v) is 16.7. The van der Waals surface area contributed by atoms with Crippen LogP contribution in [0.5, 0.6) is 0 Å². The van der Waals surface area contributed by atoms with Gasteiger partial charge in [-0.1, -0.05) is 14.9 Å². The molecular formula is C34H36F12N10O4. The van der Waals surface area contributed by atoms with Gasteiger partial charge in [-0.25, -0.2) is 26.3 Å². The molecule has 0 aliphatic carbocycles. The van der Waals surface area contributed by atoms with Crippen LogP contribution < -0.4 is 5.73 Å². The van der Waals surface area contributed by atoms with Gasteiger partial charge in [-0.2, -0.15) is 26.3 Å². The number of hydrogen-bond donors (Lipinski definition) is 1. The normalized spacial score (nSPS) is 14.8. The number of benzene rings is 2.